The van der Waals surface area contributed by atoms with E-state index in [2.05, 4.69) is 10.2 Å². The first kappa shape index (κ1) is 10.1. The maximum atomic E-state index is 10.9. The molecule has 0 aliphatic heterocycles. The van der Waals surface area contributed by atoms with Crippen LogP contribution in [0.25, 0.3) is 0 Å². The van der Waals surface area contributed by atoms with Crippen molar-refractivity contribution in [2.24, 2.45) is 10.2 Å². The number of carbonyl (C=O) groups excluding carboxylic acids is 1. The maximum Gasteiger partial charge on any atom is 0.361 e. The first-order valence-corrected chi connectivity index (χ1v) is 3.47. The lowest BCUT2D eigenvalue weighted by Gasteiger charge is -2.10. The van der Waals surface area contributed by atoms with Crippen LogP contribution >= 0.6 is 0 Å². The van der Waals surface area contributed by atoms with Gasteiger partial charge in [0.15, 0.2) is 0 Å². The van der Waals surface area contributed by atoms with E-state index in [9.17, 15) is 4.79 Å². The Kier molecular flexibility index (Phi) is 3.17. The Labute approximate surface area is 67.3 Å². The van der Waals surface area contributed by atoms with Crippen molar-refractivity contribution in [1.29, 1.82) is 0 Å². The molecule has 0 aliphatic rings. The smallest absolute Gasteiger partial charge is 0.328 e. The first-order valence-electron chi connectivity index (χ1n) is 3.47. The minimum absolute atomic E-state index is 0.272. The van der Waals surface area contributed by atoms with Gasteiger partial charge in [0, 0.05) is 14.1 Å². The highest BCUT2D eigenvalue weighted by molar-refractivity contribution is 5.73. The van der Waals surface area contributed by atoms with Crippen molar-refractivity contribution in [3.63, 3.8) is 0 Å². The second-order valence-corrected chi connectivity index (χ2v) is 3.55. The molecule has 4 heteroatoms. The van der Waals surface area contributed by atoms with Crippen molar-refractivity contribution in [3.8, 4) is 0 Å². The molecule has 0 saturated heterocycles. The summed E-state index contributed by atoms with van der Waals surface area (Å²) < 4.78 is 0. The molecule has 64 valence electrons. The lowest BCUT2D eigenvalue weighted by molar-refractivity contribution is 0.224. The molecule has 0 atom stereocenters. The summed E-state index contributed by atoms with van der Waals surface area (Å²) in [6.07, 6.45) is 0. The van der Waals surface area contributed by atoms with E-state index in [1.54, 1.807) is 14.1 Å². The third kappa shape index (κ3) is 5.51. The lowest BCUT2D eigenvalue weighted by Crippen LogP contribution is -2.18. The monoisotopic (exact) mass is 157 g/mol. The SMILES string of the molecule is CN(C)C(=O)/N=N/C(C)(C)C. The van der Waals surface area contributed by atoms with Gasteiger partial charge in [0.1, 0.15) is 0 Å². The molecule has 0 rings (SSSR count). The Morgan fingerprint density at radius 1 is 1.27 bits per heavy atom. The summed E-state index contributed by atoms with van der Waals surface area (Å²) in [7, 11) is 3.29. The molecule has 4 nitrogen and oxygen atoms in total. The molecule has 0 aromatic heterocycles. The average Bonchev–Trinajstić information content (AvgIpc) is 1.80. The van der Waals surface area contributed by atoms with E-state index < -0.39 is 0 Å². The van der Waals surface area contributed by atoms with Crippen molar-refractivity contribution in [1.82, 2.24) is 4.90 Å². The van der Waals surface area contributed by atoms with E-state index in [1.165, 1.54) is 4.90 Å². The molecule has 2 amide bonds. The van der Waals surface area contributed by atoms with Crippen LogP contribution in [0.4, 0.5) is 4.79 Å². The minimum atomic E-state index is -0.320. The highest BCUT2D eigenvalue weighted by Crippen LogP contribution is 2.06. The fourth-order valence-corrected chi connectivity index (χ4v) is 0.282. The van der Waals surface area contributed by atoms with Gasteiger partial charge >= 0.3 is 6.03 Å². The van der Waals surface area contributed by atoms with Gasteiger partial charge in [0.25, 0.3) is 0 Å². The van der Waals surface area contributed by atoms with Gasteiger partial charge in [-0.2, -0.15) is 5.11 Å². The third-order valence-electron chi connectivity index (χ3n) is 0.818. The Morgan fingerprint density at radius 3 is 2.00 bits per heavy atom. The van der Waals surface area contributed by atoms with E-state index in [-0.39, 0.29) is 11.6 Å². The topological polar surface area (TPSA) is 45.0 Å². The van der Waals surface area contributed by atoms with Gasteiger partial charge in [-0.25, -0.2) is 4.79 Å². The first-order chi connectivity index (χ1) is 4.83. The number of hydrogen-bond donors (Lipinski definition) is 0. The number of nitrogens with zero attached hydrogens (tertiary/aromatic N) is 3. The van der Waals surface area contributed by atoms with Gasteiger partial charge in [-0.1, -0.05) is 5.11 Å². The molecular weight excluding hydrogens is 142 g/mol. The molecule has 0 aliphatic carbocycles. The fraction of sp³-hybridized carbons (Fsp3) is 0.857. The molecule has 0 unspecified atom stereocenters. The van der Waals surface area contributed by atoms with Crippen molar-refractivity contribution in [2.45, 2.75) is 26.3 Å². The summed E-state index contributed by atoms with van der Waals surface area (Å²) >= 11 is 0. The molecule has 0 heterocycles. The van der Waals surface area contributed by atoms with Crippen LogP contribution < -0.4 is 0 Å². The second kappa shape index (κ2) is 3.46. The zero-order valence-electron chi connectivity index (χ0n) is 7.75. The van der Waals surface area contributed by atoms with Gasteiger partial charge in [0.05, 0.1) is 5.54 Å². The van der Waals surface area contributed by atoms with E-state index in [4.69, 9.17) is 0 Å². The Hall–Kier alpha value is -0.930. The summed E-state index contributed by atoms with van der Waals surface area (Å²) in [5.41, 5.74) is -0.272. The molecule has 0 bridgehead atoms. The van der Waals surface area contributed by atoms with Gasteiger partial charge in [-0.3, -0.25) is 0 Å². The molecule has 0 radical (unpaired) electrons. The molecule has 0 fully saturated rings. The number of carbonyl (C=O) groups is 1. The summed E-state index contributed by atoms with van der Waals surface area (Å²) in [4.78, 5) is 12.2. The molecule has 11 heavy (non-hydrogen) atoms. The van der Waals surface area contributed by atoms with Gasteiger partial charge in [-0.15, -0.1) is 0 Å². The van der Waals surface area contributed by atoms with Crippen LogP contribution in [0.5, 0.6) is 0 Å². The molecule has 0 spiro atoms. The highest BCUT2D eigenvalue weighted by Gasteiger charge is 2.08. The Bertz CT molecular complexity index is 167. The maximum absolute atomic E-state index is 10.9. The van der Waals surface area contributed by atoms with Crippen molar-refractivity contribution >= 4 is 6.03 Å². The number of hydrogen-bond acceptors (Lipinski definition) is 2. The highest BCUT2D eigenvalue weighted by atomic mass is 16.2. The van der Waals surface area contributed by atoms with E-state index in [1.807, 2.05) is 20.8 Å². The number of urea groups is 1. The summed E-state index contributed by atoms with van der Waals surface area (Å²) in [5, 5.41) is 7.32. The zero-order chi connectivity index (χ0) is 9.07. The largest absolute Gasteiger partial charge is 0.361 e. The number of rotatable bonds is 0. The summed E-state index contributed by atoms with van der Waals surface area (Å²) in [6, 6.07) is -0.320. The predicted molar refractivity (Wildman–Crippen MR) is 43.7 cm³/mol. The van der Waals surface area contributed by atoms with Crippen LogP contribution in [0, 0.1) is 0 Å². The molecule has 0 aromatic rings. The average molecular weight is 157 g/mol. The Morgan fingerprint density at radius 2 is 1.73 bits per heavy atom. The van der Waals surface area contributed by atoms with E-state index >= 15 is 0 Å². The predicted octanol–water partition coefficient (Wildman–Crippen LogP) is 1.92. The number of azo groups is 1. The van der Waals surface area contributed by atoms with Crippen LogP contribution in [0.3, 0.4) is 0 Å². The van der Waals surface area contributed by atoms with Gasteiger partial charge in [0.2, 0.25) is 0 Å². The van der Waals surface area contributed by atoms with E-state index in [0.717, 1.165) is 0 Å². The normalized spacial score (nSPS) is 12.1. The van der Waals surface area contributed by atoms with E-state index in [0.29, 0.717) is 0 Å². The molecule has 0 saturated carbocycles. The van der Waals surface area contributed by atoms with Crippen LogP contribution in [-0.4, -0.2) is 30.6 Å². The van der Waals surface area contributed by atoms with Crippen molar-refractivity contribution in [2.75, 3.05) is 14.1 Å². The lowest BCUT2D eigenvalue weighted by atomic mass is 10.1. The van der Waals surface area contributed by atoms with Crippen LogP contribution in [0.15, 0.2) is 10.2 Å². The Balaban J connectivity index is 4.05. The summed E-state index contributed by atoms with van der Waals surface area (Å²) in [6.45, 7) is 5.66. The van der Waals surface area contributed by atoms with Crippen molar-refractivity contribution < 1.29 is 4.79 Å². The number of amides is 2. The van der Waals surface area contributed by atoms with Crippen LogP contribution in [0.1, 0.15) is 20.8 Å². The minimum Gasteiger partial charge on any atom is -0.328 e. The fourth-order valence-electron chi connectivity index (χ4n) is 0.282. The molecular formula is C7H15N3O. The molecule has 0 N–H and O–H groups in total. The molecule has 0 aromatic carbocycles. The standard InChI is InChI=1S/C7H15N3O/c1-7(2,3)9-8-6(11)10(4)5/h1-5H3/b9-8+. The third-order valence-corrected chi connectivity index (χ3v) is 0.818. The second-order valence-electron chi connectivity index (χ2n) is 3.55. The summed E-state index contributed by atoms with van der Waals surface area (Å²) in [5.74, 6) is 0. The van der Waals surface area contributed by atoms with Gasteiger partial charge < -0.3 is 4.90 Å². The zero-order valence-corrected chi connectivity index (χ0v) is 7.75. The van der Waals surface area contributed by atoms with Gasteiger partial charge in [-0.05, 0) is 20.8 Å². The van der Waals surface area contributed by atoms with Crippen LogP contribution in [-0.2, 0) is 0 Å². The quantitative estimate of drug-likeness (QED) is 0.495. The van der Waals surface area contributed by atoms with Crippen molar-refractivity contribution in [3.05, 3.63) is 0 Å². The van der Waals surface area contributed by atoms with Crippen LogP contribution in [0.2, 0.25) is 0 Å².